The zero-order valence-electron chi connectivity index (χ0n) is 5.85. The standard InChI is InChI=1S/C5H7N3O2S/c1-11(9,10)8-5-6-3-2-4-7-5/h2-4H,1H3,(H,6,7,8). The summed E-state index contributed by atoms with van der Waals surface area (Å²) in [6, 6.07) is 1.60. The van der Waals surface area contributed by atoms with Crippen LogP contribution in [0.1, 0.15) is 0 Å². The minimum Gasteiger partial charge on any atom is -0.251 e. The van der Waals surface area contributed by atoms with Gasteiger partial charge in [0.25, 0.3) is 0 Å². The van der Waals surface area contributed by atoms with Gasteiger partial charge >= 0.3 is 0 Å². The first-order chi connectivity index (χ1) is 5.08. The lowest BCUT2D eigenvalue weighted by Crippen LogP contribution is -2.11. The fourth-order valence-electron chi connectivity index (χ4n) is 0.518. The molecule has 60 valence electrons. The Labute approximate surface area is 64.5 Å². The molecule has 1 aromatic rings. The summed E-state index contributed by atoms with van der Waals surface area (Å²) in [5.41, 5.74) is 0. The van der Waals surface area contributed by atoms with Crippen molar-refractivity contribution < 1.29 is 8.42 Å². The zero-order valence-corrected chi connectivity index (χ0v) is 6.67. The van der Waals surface area contributed by atoms with E-state index in [1.165, 1.54) is 12.4 Å². The number of hydrogen-bond acceptors (Lipinski definition) is 4. The van der Waals surface area contributed by atoms with E-state index >= 15 is 0 Å². The molecular formula is C5H7N3O2S. The van der Waals surface area contributed by atoms with Crippen molar-refractivity contribution in [3.63, 3.8) is 0 Å². The lowest BCUT2D eigenvalue weighted by molar-refractivity contribution is 0.606. The van der Waals surface area contributed by atoms with Gasteiger partial charge in [-0.05, 0) is 6.07 Å². The highest BCUT2D eigenvalue weighted by Crippen LogP contribution is 1.95. The third-order valence-corrected chi connectivity index (χ3v) is 1.40. The van der Waals surface area contributed by atoms with Gasteiger partial charge in [-0.25, -0.2) is 18.4 Å². The summed E-state index contributed by atoms with van der Waals surface area (Å²) >= 11 is 0. The van der Waals surface area contributed by atoms with E-state index < -0.39 is 10.0 Å². The molecule has 0 unspecified atom stereocenters. The van der Waals surface area contributed by atoms with E-state index in [-0.39, 0.29) is 5.95 Å². The second-order valence-corrected chi connectivity index (χ2v) is 3.70. The molecule has 0 aliphatic rings. The third-order valence-electron chi connectivity index (χ3n) is 0.842. The number of nitrogens with zero attached hydrogens (tertiary/aromatic N) is 2. The molecule has 1 aromatic heterocycles. The van der Waals surface area contributed by atoms with Crippen molar-refractivity contribution in [3.05, 3.63) is 18.5 Å². The molecule has 6 heteroatoms. The Hall–Kier alpha value is -1.17. The van der Waals surface area contributed by atoms with Gasteiger partial charge in [0.2, 0.25) is 16.0 Å². The van der Waals surface area contributed by atoms with Crippen LogP contribution in [-0.4, -0.2) is 24.6 Å². The first-order valence-corrected chi connectivity index (χ1v) is 4.72. The monoisotopic (exact) mass is 173 g/mol. The Morgan fingerprint density at radius 2 is 1.91 bits per heavy atom. The highest BCUT2D eigenvalue weighted by Gasteiger charge is 2.01. The van der Waals surface area contributed by atoms with E-state index in [1.807, 2.05) is 0 Å². The van der Waals surface area contributed by atoms with Crippen LogP contribution in [0.3, 0.4) is 0 Å². The quantitative estimate of drug-likeness (QED) is 0.675. The molecule has 1 rings (SSSR count). The molecule has 0 atom stereocenters. The summed E-state index contributed by atoms with van der Waals surface area (Å²) < 4.78 is 23.4. The molecule has 0 amide bonds. The lowest BCUT2D eigenvalue weighted by atomic mass is 10.7. The molecule has 0 saturated carbocycles. The van der Waals surface area contributed by atoms with E-state index in [2.05, 4.69) is 14.7 Å². The molecule has 11 heavy (non-hydrogen) atoms. The van der Waals surface area contributed by atoms with Gasteiger partial charge in [0.1, 0.15) is 0 Å². The van der Waals surface area contributed by atoms with Gasteiger partial charge < -0.3 is 0 Å². The first kappa shape index (κ1) is 7.93. The average Bonchev–Trinajstić information content (AvgIpc) is 1.85. The molecule has 1 heterocycles. The third kappa shape index (κ3) is 2.94. The minimum atomic E-state index is -3.25. The van der Waals surface area contributed by atoms with Crippen molar-refractivity contribution in [2.24, 2.45) is 0 Å². The number of hydrogen-bond donors (Lipinski definition) is 1. The summed E-state index contributed by atoms with van der Waals surface area (Å²) in [7, 11) is -3.25. The molecular weight excluding hydrogens is 166 g/mol. The lowest BCUT2D eigenvalue weighted by Gasteiger charge is -1.98. The van der Waals surface area contributed by atoms with Crippen molar-refractivity contribution in [1.29, 1.82) is 0 Å². The summed E-state index contributed by atoms with van der Waals surface area (Å²) in [6.07, 6.45) is 3.96. The van der Waals surface area contributed by atoms with Gasteiger partial charge in [-0.1, -0.05) is 0 Å². The molecule has 1 N–H and O–H groups in total. The molecule has 0 bridgehead atoms. The van der Waals surface area contributed by atoms with E-state index in [0.29, 0.717) is 0 Å². The van der Waals surface area contributed by atoms with Crippen LogP contribution in [0.4, 0.5) is 5.95 Å². The van der Waals surface area contributed by atoms with Gasteiger partial charge in [-0.3, -0.25) is 4.72 Å². The zero-order chi connectivity index (χ0) is 8.32. The maximum absolute atomic E-state index is 10.6. The van der Waals surface area contributed by atoms with Crippen molar-refractivity contribution >= 4 is 16.0 Å². The van der Waals surface area contributed by atoms with Crippen LogP contribution in [0.2, 0.25) is 0 Å². The van der Waals surface area contributed by atoms with Crippen LogP contribution in [0, 0.1) is 0 Å². The fraction of sp³-hybridized carbons (Fsp3) is 0.200. The topological polar surface area (TPSA) is 72.0 Å². The van der Waals surface area contributed by atoms with Crippen molar-refractivity contribution in [1.82, 2.24) is 9.97 Å². The Morgan fingerprint density at radius 3 is 2.36 bits per heavy atom. The second-order valence-electron chi connectivity index (χ2n) is 1.95. The highest BCUT2D eigenvalue weighted by molar-refractivity contribution is 7.91. The number of sulfonamides is 1. The molecule has 0 aliphatic carbocycles. The SMILES string of the molecule is CS(=O)(=O)Nc1ncccn1. The van der Waals surface area contributed by atoms with Crippen molar-refractivity contribution in [2.45, 2.75) is 0 Å². The first-order valence-electron chi connectivity index (χ1n) is 2.83. The maximum Gasteiger partial charge on any atom is 0.236 e. The van der Waals surface area contributed by atoms with Crippen LogP contribution in [-0.2, 0) is 10.0 Å². The van der Waals surface area contributed by atoms with E-state index in [0.717, 1.165) is 6.26 Å². The Balaban J connectivity index is 2.82. The fourth-order valence-corrected chi connectivity index (χ4v) is 0.955. The Morgan fingerprint density at radius 1 is 1.36 bits per heavy atom. The summed E-state index contributed by atoms with van der Waals surface area (Å²) in [6.45, 7) is 0. The van der Waals surface area contributed by atoms with Gasteiger partial charge in [-0.2, -0.15) is 0 Å². The molecule has 5 nitrogen and oxygen atoms in total. The average molecular weight is 173 g/mol. The highest BCUT2D eigenvalue weighted by atomic mass is 32.2. The van der Waals surface area contributed by atoms with Crippen LogP contribution in [0.5, 0.6) is 0 Å². The van der Waals surface area contributed by atoms with Crippen LogP contribution in [0.25, 0.3) is 0 Å². The second kappa shape index (κ2) is 2.83. The van der Waals surface area contributed by atoms with Gasteiger partial charge in [0, 0.05) is 12.4 Å². The van der Waals surface area contributed by atoms with Crippen molar-refractivity contribution in [3.8, 4) is 0 Å². The Bertz CT molecular complexity index is 321. The Kier molecular flexibility index (Phi) is 2.04. The maximum atomic E-state index is 10.6. The molecule has 0 spiro atoms. The minimum absolute atomic E-state index is 0.0926. The smallest absolute Gasteiger partial charge is 0.236 e. The van der Waals surface area contributed by atoms with E-state index in [9.17, 15) is 8.42 Å². The summed E-state index contributed by atoms with van der Waals surface area (Å²) in [5.74, 6) is 0.0926. The van der Waals surface area contributed by atoms with E-state index in [1.54, 1.807) is 6.07 Å². The van der Waals surface area contributed by atoms with Gasteiger partial charge in [-0.15, -0.1) is 0 Å². The number of nitrogens with one attached hydrogen (secondary N) is 1. The van der Waals surface area contributed by atoms with Crippen LogP contribution >= 0.6 is 0 Å². The normalized spacial score (nSPS) is 11.0. The summed E-state index contributed by atoms with van der Waals surface area (Å²) in [5, 5.41) is 0. The molecule has 0 saturated heterocycles. The molecule has 0 radical (unpaired) electrons. The van der Waals surface area contributed by atoms with E-state index in [4.69, 9.17) is 0 Å². The van der Waals surface area contributed by atoms with Crippen LogP contribution in [0.15, 0.2) is 18.5 Å². The van der Waals surface area contributed by atoms with Gasteiger partial charge in [0.15, 0.2) is 0 Å². The number of anilines is 1. The molecule has 0 aromatic carbocycles. The summed E-state index contributed by atoms with van der Waals surface area (Å²) in [4.78, 5) is 7.33. The number of rotatable bonds is 2. The predicted octanol–water partition coefficient (Wildman–Crippen LogP) is -0.152. The number of aromatic nitrogens is 2. The molecule has 0 aliphatic heterocycles. The molecule has 0 fully saturated rings. The van der Waals surface area contributed by atoms with Crippen molar-refractivity contribution in [2.75, 3.05) is 11.0 Å². The predicted molar refractivity (Wildman–Crippen MR) is 40.5 cm³/mol. The van der Waals surface area contributed by atoms with Gasteiger partial charge in [0.05, 0.1) is 6.26 Å². The largest absolute Gasteiger partial charge is 0.251 e. The van der Waals surface area contributed by atoms with Crippen LogP contribution < -0.4 is 4.72 Å².